The van der Waals surface area contributed by atoms with Gasteiger partial charge in [0.05, 0.1) is 0 Å². The molecular weight excluding hydrogens is 258 g/mol. The third-order valence-corrected chi connectivity index (χ3v) is 3.57. The molecule has 2 aromatic carbocycles. The van der Waals surface area contributed by atoms with Crippen LogP contribution in [-0.2, 0) is 6.42 Å². The summed E-state index contributed by atoms with van der Waals surface area (Å²) < 4.78 is 0. The second-order valence-corrected chi connectivity index (χ2v) is 6.32. The monoisotopic (exact) mass is 281 g/mol. The lowest BCUT2D eigenvalue weighted by atomic mass is 9.94. The Morgan fingerprint density at radius 1 is 1.05 bits per heavy atom. The summed E-state index contributed by atoms with van der Waals surface area (Å²) in [5, 5.41) is 3.14. The quantitative estimate of drug-likeness (QED) is 0.900. The van der Waals surface area contributed by atoms with E-state index < -0.39 is 0 Å². The van der Waals surface area contributed by atoms with Crippen molar-refractivity contribution in [3.63, 3.8) is 0 Å². The molecule has 0 fully saturated rings. The highest BCUT2D eigenvalue weighted by molar-refractivity contribution is 5.96. The summed E-state index contributed by atoms with van der Waals surface area (Å²) in [4.78, 5) is 12.5. The van der Waals surface area contributed by atoms with E-state index in [1.165, 1.54) is 11.1 Å². The van der Waals surface area contributed by atoms with E-state index in [4.69, 9.17) is 0 Å². The molecule has 2 aromatic rings. The van der Waals surface area contributed by atoms with Crippen LogP contribution in [0.25, 0.3) is 0 Å². The first kappa shape index (κ1) is 15.3. The molecule has 0 aliphatic rings. The van der Waals surface area contributed by atoms with Crippen molar-refractivity contribution in [1.29, 1.82) is 0 Å². The van der Waals surface area contributed by atoms with Gasteiger partial charge in [-0.05, 0) is 51.3 Å². The molecule has 0 spiro atoms. The Morgan fingerprint density at radius 2 is 1.71 bits per heavy atom. The van der Waals surface area contributed by atoms with Crippen molar-refractivity contribution in [2.24, 2.45) is 0 Å². The SMILES string of the molecule is Cc1ccc(C(=O)NC(C)(C)Cc2ccccc2)c(C)c1. The van der Waals surface area contributed by atoms with Crippen molar-refractivity contribution in [1.82, 2.24) is 5.32 Å². The van der Waals surface area contributed by atoms with Gasteiger partial charge in [0.25, 0.3) is 5.91 Å². The molecule has 0 atom stereocenters. The fraction of sp³-hybridized carbons (Fsp3) is 0.316. The lowest BCUT2D eigenvalue weighted by molar-refractivity contribution is 0.0912. The van der Waals surface area contributed by atoms with E-state index in [0.29, 0.717) is 0 Å². The van der Waals surface area contributed by atoms with Crippen LogP contribution in [0.2, 0.25) is 0 Å². The van der Waals surface area contributed by atoms with E-state index in [1.54, 1.807) is 0 Å². The Kier molecular flexibility index (Phi) is 4.46. The first-order valence-electron chi connectivity index (χ1n) is 7.31. The molecular formula is C19H23NO. The molecule has 21 heavy (non-hydrogen) atoms. The Bertz CT molecular complexity index is 629. The minimum atomic E-state index is -0.282. The van der Waals surface area contributed by atoms with Crippen LogP contribution in [0.4, 0.5) is 0 Å². The molecule has 110 valence electrons. The van der Waals surface area contributed by atoms with Gasteiger partial charge in [0.15, 0.2) is 0 Å². The molecule has 0 bridgehead atoms. The van der Waals surface area contributed by atoms with Crippen LogP contribution in [0.5, 0.6) is 0 Å². The van der Waals surface area contributed by atoms with E-state index in [0.717, 1.165) is 17.5 Å². The topological polar surface area (TPSA) is 29.1 Å². The zero-order valence-corrected chi connectivity index (χ0v) is 13.2. The smallest absolute Gasteiger partial charge is 0.251 e. The summed E-state index contributed by atoms with van der Waals surface area (Å²) in [5.74, 6) is -0.00608. The van der Waals surface area contributed by atoms with E-state index in [9.17, 15) is 4.79 Å². The third-order valence-electron chi connectivity index (χ3n) is 3.57. The highest BCUT2D eigenvalue weighted by Gasteiger charge is 2.22. The summed E-state index contributed by atoms with van der Waals surface area (Å²) in [6.45, 7) is 8.13. The third kappa shape index (κ3) is 4.19. The molecule has 2 heteroatoms. The summed E-state index contributed by atoms with van der Waals surface area (Å²) in [7, 11) is 0. The van der Waals surface area contributed by atoms with Crippen LogP contribution in [0.15, 0.2) is 48.5 Å². The number of aryl methyl sites for hydroxylation is 2. The van der Waals surface area contributed by atoms with Crippen LogP contribution < -0.4 is 5.32 Å². The van der Waals surface area contributed by atoms with Crippen molar-refractivity contribution >= 4 is 5.91 Å². The predicted octanol–water partition coefficient (Wildman–Crippen LogP) is 4.05. The number of amides is 1. The minimum Gasteiger partial charge on any atom is -0.347 e. The molecule has 0 heterocycles. The van der Waals surface area contributed by atoms with Gasteiger partial charge >= 0.3 is 0 Å². The number of carbonyl (C=O) groups excluding carboxylic acids is 1. The Morgan fingerprint density at radius 3 is 2.33 bits per heavy atom. The van der Waals surface area contributed by atoms with Crippen molar-refractivity contribution in [3.05, 3.63) is 70.8 Å². The van der Waals surface area contributed by atoms with Gasteiger partial charge in [0.1, 0.15) is 0 Å². The number of hydrogen-bond donors (Lipinski definition) is 1. The molecule has 0 radical (unpaired) electrons. The Labute approximate surface area is 127 Å². The lowest BCUT2D eigenvalue weighted by Gasteiger charge is -2.27. The summed E-state index contributed by atoms with van der Waals surface area (Å²) in [6, 6.07) is 16.2. The first-order valence-corrected chi connectivity index (χ1v) is 7.31. The number of carbonyl (C=O) groups is 1. The van der Waals surface area contributed by atoms with Crippen LogP contribution >= 0.6 is 0 Å². The first-order chi connectivity index (χ1) is 9.87. The number of rotatable bonds is 4. The lowest BCUT2D eigenvalue weighted by Crippen LogP contribution is -2.45. The molecule has 2 rings (SSSR count). The molecule has 0 aliphatic heterocycles. The number of nitrogens with one attached hydrogen (secondary N) is 1. The average molecular weight is 281 g/mol. The van der Waals surface area contributed by atoms with Gasteiger partial charge in [0.2, 0.25) is 0 Å². The van der Waals surface area contributed by atoms with E-state index in [-0.39, 0.29) is 11.4 Å². The molecule has 2 nitrogen and oxygen atoms in total. The molecule has 0 saturated heterocycles. The second-order valence-electron chi connectivity index (χ2n) is 6.32. The summed E-state index contributed by atoms with van der Waals surface area (Å²) in [6.07, 6.45) is 0.810. The van der Waals surface area contributed by atoms with Crippen molar-refractivity contribution in [3.8, 4) is 0 Å². The maximum absolute atomic E-state index is 12.5. The Balaban J connectivity index is 2.10. The van der Waals surface area contributed by atoms with Crippen molar-refractivity contribution in [2.75, 3.05) is 0 Å². The van der Waals surface area contributed by atoms with Crippen LogP contribution in [-0.4, -0.2) is 11.4 Å². The fourth-order valence-electron chi connectivity index (χ4n) is 2.59. The largest absolute Gasteiger partial charge is 0.347 e. The Hall–Kier alpha value is -2.09. The molecule has 0 unspecified atom stereocenters. The molecule has 1 N–H and O–H groups in total. The number of hydrogen-bond acceptors (Lipinski definition) is 1. The number of benzene rings is 2. The van der Waals surface area contributed by atoms with Gasteiger partial charge in [-0.15, -0.1) is 0 Å². The molecule has 0 saturated carbocycles. The standard InChI is InChI=1S/C19H23NO/c1-14-10-11-17(15(2)12-14)18(21)20-19(3,4)13-16-8-6-5-7-9-16/h5-12H,13H2,1-4H3,(H,20,21). The predicted molar refractivity (Wildman–Crippen MR) is 87.6 cm³/mol. The van der Waals surface area contributed by atoms with E-state index in [1.807, 2.05) is 50.2 Å². The van der Waals surface area contributed by atoms with Crippen molar-refractivity contribution in [2.45, 2.75) is 39.7 Å². The van der Waals surface area contributed by atoms with Gasteiger partial charge in [-0.3, -0.25) is 4.79 Å². The highest BCUT2D eigenvalue weighted by Crippen LogP contribution is 2.16. The molecule has 0 aliphatic carbocycles. The van der Waals surface area contributed by atoms with Gasteiger partial charge in [-0.2, -0.15) is 0 Å². The maximum Gasteiger partial charge on any atom is 0.251 e. The van der Waals surface area contributed by atoms with Crippen molar-refractivity contribution < 1.29 is 4.79 Å². The normalized spacial score (nSPS) is 11.2. The second kappa shape index (κ2) is 6.13. The van der Waals surface area contributed by atoms with Crippen LogP contribution in [0.1, 0.15) is 40.9 Å². The van der Waals surface area contributed by atoms with Gasteiger partial charge < -0.3 is 5.32 Å². The van der Waals surface area contributed by atoms with E-state index in [2.05, 4.69) is 31.3 Å². The fourth-order valence-corrected chi connectivity index (χ4v) is 2.59. The summed E-state index contributed by atoms with van der Waals surface area (Å²) >= 11 is 0. The minimum absolute atomic E-state index is 0.00608. The van der Waals surface area contributed by atoms with Crippen LogP contribution in [0.3, 0.4) is 0 Å². The van der Waals surface area contributed by atoms with Gasteiger partial charge in [-0.25, -0.2) is 0 Å². The van der Waals surface area contributed by atoms with Gasteiger partial charge in [0, 0.05) is 11.1 Å². The molecule has 1 amide bonds. The van der Waals surface area contributed by atoms with E-state index >= 15 is 0 Å². The summed E-state index contributed by atoms with van der Waals surface area (Å²) in [5.41, 5.74) is 3.89. The molecule has 0 aromatic heterocycles. The van der Waals surface area contributed by atoms with Gasteiger partial charge in [-0.1, -0.05) is 48.0 Å². The average Bonchev–Trinajstić information content (AvgIpc) is 2.38. The maximum atomic E-state index is 12.5. The van der Waals surface area contributed by atoms with Crippen LogP contribution in [0, 0.1) is 13.8 Å². The zero-order valence-electron chi connectivity index (χ0n) is 13.2. The highest BCUT2D eigenvalue weighted by atomic mass is 16.1. The zero-order chi connectivity index (χ0) is 15.5.